The largest absolute Gasteiger partial charge is 0.377 e. The van der Waals surface area contributed by atoms with Crippen LogP contribution in [-0.2, 0) is 0 Å². The van der Waals surface area contributed by atoms with Crippen LogP contribution in [0, 0.1) is 23.7 Å². The number of aliphatic hydroxyl groups is 1. The molecule has 146 valence electrons. The Morgan fingerprint density at radius 1 is 0.690 bits per heavy atom. The highest BCUT2D eigenvalue weighted by Crippen LogP contribution is 2.46. The van der Waals surface area contributed by atoms with E-state index >= 15 is 0 Å². The fraction of sp³-hybridized carbons (Fsp3) is 0.259. The molecule has 1 unspecified atom stereocenters. The Morgan fingerprint density at radius 3 is 1.55 bits per heavy atom. The van der Waals surface area contributed by atoms with Crippen LogP contribution in [0.4, 0.5) is 0 Å². The van der Waals surface area contributed by atoms with E-state index in [0.717, 1.165) is 5.56 Å². The molecule has 0 aromatic heterocycles. The van der Waals surface area contributed by atoms with Gasteiger partial charge in [-0.25, -0.2) is 0 Å². The first kappa shape index (κ1) is 19.5. The van der Waals surface area contributed by atoms with Gasteiger partial charge >= 0.3 is 0 Å². The molecule has 1 aliphatic rings. The first-order valence-electron chi connectivity index (χ1n) is 10.3. The molecule has 3 aromatic carbocycles. The maximum absolute atomic E-state index is 11.9. The summed E-state index contributed by atoms with van der Waals surface area (Å²) < 4.78 is 0. The molecule has 1 fully saturated rings. The summed E-state index contributed by atoms with van der Waals surface area (Å²) in [4.78, 5) is 0. The third-order valence-corrected chi connectivity index (χ3v) is 6.25. The fourth-order valence-corrected chi connectivity index (χ4v) is 4.42. The monoisotopic (exact) mass is 381 g/mol. The highest BCUT2D eigenvalue weighted by atomic mass is 16.3. The molecule has 1 aliphatic heterocycles. The lowest BCUT2D eigenvalue weighted by Crippen LogP contribution is -2.57. The number of nitrogens with one attached hydrogen (secondary N) is 1. The summed E-state index contributed by atoms with van der Waals surface area (Å²) in [7, 11) is 0. The van der Waals surface area contributed by atoms with E-state index in [1.54, 1.807) is 0 Å². The summed E-state index contributed by atoms with van der Waals surface area (Å²) >= 11 is 0. The smallest absolute Gasteiger partial charge is 0.134 e. The van der Waals surface area contributed by atoms with Gasteiger partial charge in [-0.15, -0.1) is 0 Å². The molecule has 0 aliphatic carbocycles. The van der Waals surface area contributed by atoms with Crippen molar-refractivity contribution >= 4 is 0 Å². The highest BCUT2D eigenvalue weighted by molar-refractivity contribution is 5.39. The first-order chi connectivity index (χ1) is 14.1. The van der Waals surface area contributed by atoms with Crippen molar-refractivity contribution in [3.8, 4) is 11.8 Å². The predicted octanol–water partition coefficient (Wildman–Crippen LogP) is 5.13. The van der Waals surface area contributed by atoms with Gasteiger partial charge in [0.25, 0.3) is 0 Å². The van der Waals surface area contributed by atoms with Crippen LogP contribution in [-0.4, -0.2) is 10.7 Å². The zero-order valence-electron chi connectivity index (χ0n) is 16.9. The van der Waals surface area contributed by atoms with Crippen molar-refractivity contribution in [3.63, 3.8) is 0 Å². The van der Waals surface area contributed by atoms with Gasteiger partial charge in [-0.3, -0.25) is 0 Å². The van der Waals surface area contributed by atoms with E-state index in [4.69, 9.17) is 0 Å². The lowest BCUT2D eigenvalue weighted by Gasteiger charge is -2.49. The van der Waals surface area contributed by atoms with E-state index < -0.39 is 5.60 Å². The molecule has 0 saturated carbocycles. The molecule has 2 heteroatoms. The minimum atomic E-state index is -1.12. The summed E-state index contributed by atoms with van der Waals surface area (Å²) in [5.41, 5.74) is 2.15. The van der Waals surface area contributed by atoms with Crippen molar-refractivity contribution in [2.45, 2.75) is 31.5 Å². The van der Waals surface area contributed by atoms with Crippen LogP contribution >= 0.6 is 0 Å². The minimum Gasteiger partial charge on any atom is -0.377 e. The molecular formula is C27H27NO. The molecule has 2 nitrogen and oxygen atoms in total. The molecule has 4 rings (SSSR count). The second-order valence-electron chi connectivity index (χ2n) is 7.96. The number of hydrogen-bond acceptors (Lipinski definition) is 2. The topological polar surface area (TPSA) is 32.3 Å². The maximum Gasteiger partial charge on any atom is 0.134 e. The molecule has 3 aromatic rings. The van der Waals surface area contributed by atoms with E-state index in [1.807, 2.05) is 66.7 Å². The standard InChI is InChI=1S/C27H27NO/c1-20-25(23-14-8-4-9-15-23)28-26(24-16-10-5-11-17-24)21(2)27(20,29)19-18-22-12-6-3-7-13-22/h3-17,20-21,25-26,28-29H,1-2H3/t20-,21+,25-,26-,27?/m1/s1. The molecular weight excluding hydrogens is 354 g/mol. The quantitative estimate of drug-likeness (QED) is 0.603. The van der Waals surface area contributed by atoms with E-state index in [2.05, 4.69) is 55.3 Å². The van der Waals surface area contributed by atoms with Gasteiger partial charge in [-0.1, -0.05) is 105 Å². The van der Waals surface area contributed by atoms with Crippen LogP contribution in [0.1, 0.15) is 42.6 Å². The third-order valence-electron chi connectivity index (χ3n) is 6.25. The zero-order valence-corrected chi connectivity index (χ0v) is 16.9. The second kappa shape index (κ2) is 8.25. The Hall–Kier alpha value is -2.86. The molecule has 29 heavy (non-hydrogen) atoms. The first-order valence-corrected chi connectivity index (χ1v) is 10.3. The average Bonchev–Trinajstić information content (AvgIpc) is 2.78. The summed E-state index contributed by atoms with van der Waals surface area (Å²) in [6.07, 6.45) is 0. The summed E-state index contributed by atoms with van der Waals surface area (Å²) in [6, 6.07) is 30.6. The van der Waals surface area contributed by atoms with E-state index in [-0.39, 0.29) is 23.9 Å². The van der Waals surface area contributed by atoms with Crippen molar-refractivity contribution in [1.82, 2.24) is 5.32 Å². The number of piperidine rings is 1. The van der Waals surface area contributed by atoms with E-state index in [1.165, 1.54) is 11.1 Å². The molecule has 0 bridgehead atoms. The Bertz CT molecular complexity index is 937. The second-order valence-corrected chi connectivity index (χ2v) is 7.96. The Labute approximate surface area is 173 Å². The van der Waals surface area contributed by atoms with E-state index in [9.17, 15) is 5.11 Å². The van der Waals surface area contributed by atoms with Crippen LogP contribution < -0.4 is 5.32 Å². The molecule has 0 amide bonds. The van der Waals surface area contributed by atoms with Crippen LogP contribution in [0.5, 0.6) is 0 Å². The third kappa shape index (κ3) is 3.85. The summed E-state index contributed by atoms with van der Waals surface area (Å²) in [6.45, 7) is 4.20. The van der Waals surface area contributed by atoms with Crippen molar-refractivity contribution in [1.29, 1.82) is 0 Å². The lowest BCUT2D eigenvalue weighted by molar-refractivity contribution is -0.0646. The molecule has 1 heterocycles. The van der Waals surface area contributed by atoms with Crippen LogP contribution in [0.15, 0.2) is 91.0 Å². The summed E-state index contributed by atoms with van der Waals surface area (Å²) in [5, 5.41) is 15.7. The maximum atomic E-state index is 11.9. The number of hydrogen-bond donors (Lipinski definition) is 2. The van der Waals surface area contributed by atoms with Gasteiger partial charge in [-0.05, 0) is 23.3 Å². The van der Waals surface area contributed by atoms with Crippen molar-refractivity contribution in [3.05, 3.63) is 108 Å². The van der Waals surface area contributed by atoms with Crippen LogP contribution in [0.25, 0.3) is 0 Å². The zero-order chi connectivity index (χ0) is 20.3. The van der Waals surface area contributed by atoms with Gasteiger partial charge in [-0.2, -0.15) is 0 Å². The van der Waals surface area contributed by atoms with Crippen molar-refractivity contribution in [2.24, 2.45) is 11.8 Å². The van der Waals surface area contributed by atoms with Crippen molar-refractivity contribution in [2.75, 3.05) is 0 Å². The van der Waals surface area contributed by atoms with Gasteiger partial charge in [0, 0.05) is 29.5 Å². The SMILES string of the molecule is C[C@@H]1[C@H](c2ccccc2)N[C@@H](c2ccccc2)[C@H](C)C1(O)C#Cc1ccccc1. The fourth-order valence-electron chi connectivity index (χ4n) is 4.42. The van der Waals surface area contributed by atoms with Gasteiger partial charge in [0.15, 0.2) is 0 Å². The van der Waals surface area contributed by atoms with Gasteiger partial charge in [0.1, 0.15) is 5.60 Å². The lowest BCUT2D eigenvalue weighted by atomic mass is 9.66. The predicted molar refractivity (Wildman–Crippen MR) is 118 cm³/mol. The normalized spacial score (nSPS) is 28.9. The number of rotatable bonds is 2. The molecule has 0 radical (unpaired) electrons. The average molecular weight is 382 g/mol. The molecule has 5 atom stereocenters. The molecule has 2 N–H and O–H groups in total. The van der Waals surface area contributed by atoms with E-state index in [0.29, 0.717) is 0 Å². The molecule has 0 spiro atoms. The van der Waals surface area contributed by atoms with Gasteiger partial charge < -0.3 is 10.4 Å². The van der Waals surface area contributed by atoms with Gasteiger partial charge in [0.05, 0.1) is 0 Å². The Kier molecular flexibility index (Phi) is 5.53. The van der Waals surface area contributed by atoms with Crippen LogP contribution in [0.2, 0.25) is 0 Å². The number of benzene rings is 3. The minimum absolute atomic E-state index is 0.00711. The Balaban J connectivity index is 1.78. The van der Waals surface area contributed by atoms with Crippen molar-refractivity contribution < 1.29 is 5.11 Å². The highest BCUT2D eigenvalue weighted by Gasteiger charge is 2.50. The summed E-state index contributed by atoms with van der Waals surface area (Å²) in [5.74, 6) is 6.36. The Morgan fingerprint density at radius 2 is 1.10 bits per heavy atom. The van der Waals surface area contributed by atoms with Gasteiger partial charge in [0.2, 0.25) is 0 Å². The molecule has 1 saturated heterocycles. The van der Waals surface area contributed by atoms with Crippen LogP contribution in [0.3, 0.4) is 0 Å².